The highest BCUT2D eigenvalue weighted by Gasteiger charge is 2.89. The first-order valence-corrected chi connectivity index (χ1v) is 26.0. The highest BCUT2D eigenvalue weighted by molar-refractivity contribution is 6.13. The predicted octanol–water partition coefficient (Wildman–Crippen LogP) is 13.9. The summed E-state index contributed by atoms with van der Waals surface area (Å²) in [6.07, 6.45) is 13.3. The lowest BCUT2D eigenvalue weighted by Gasteiger charge is -2.42. The fourth-order valence-corrected chi connectivity index (χ4v) is 16.3. The van der Waals surface area contributed by atoms with E-state index in [4.69, 9.17) is 0 Å². The minimum Gasteiger partial charge on any atom is -0.190 e. The first-order valence-electron chi connectivity index (χ1n) is 26.0. The van der Waals surface area contributed by atoms with Crippen LogP contribution in [0.25, 0.3) is 101 Å². The van der Waals surface area contributed by atoms with Gasteiger partial charge in [0, 0.05) is 81.5 Å². The Kier molecular flexibility index (Phi) is 6.47. The van der Waals surface area contributed by atoms with Crippen LogP contribution in [0.4, 0.5) is 0 Å². The fourth-order valence-electron chi connectivity index (χ4n) is 16.3. The van der Waals surface area contributed by atoms with E-state index < -0.39 is 16.5 Å². The summed E-state index contributed by atoms with van der Waals surface area (Å²) in [4.78, 5) is 0. The van der Waals surface area contributed by atoms with Gasteiger partial charge in [-0.1, -0.05) is 121 Å². The van der Waals surface area contributed by atoms with Crippen molar-refractivity contribution in [2.75, 3.05) is 0 Å². The lowest BCUT2D eigenvalue weighted by Crippen LogP contribution is -2.62. The van der Waals surface area contributed by atoms with Gasteiger partial charge in [0.1, 0.15) is 5.41 Å². The molecule has 2 spiro atoms. The van der Waals surface area contributed by atoms with Crippen molar-refractivity contribution in [1.82, 2.24) is 0 Å². The summed E-state index contributed by atoms with van der Waals surface area (Å²) in [7, 11) is 0. The van der Waals surface area contributed by atoms with Crippen LogP contribution in [-0.2, 0) is 16.5 Å². The Hall–Kier alpha value is -9.05. The molecule has 3 aromatic heterocycles. The van der Waals surface area contributed by atoms with Gasteiger partial charge in [0.2, 0.25) is 33.9 Å². The maximum absolute atomic E-state index is 2.84. The molecule has 1 fully saturated rings. The molecule has 9 aliphatic rings. The van der Waals surface area contributed by atoms with Crippen LogP contribution in [0.15, 0.2) is 249 Å². The van der Waals surface area contributed by atoms with Crippen molar-refractivity contribution in [3.05, 3.63) is 282 Å². The van der Waals surface area contributed by atoms with Gasteiger partial charge in [-0.3, -0.25) is 0 Å². The maximum atomic E-state index is 2.84. The smallest absolute Gasteiger partial charge is 0.190 e. The molecule has 0 N–H and O–H groups in total. The van der Waals surface area contributed by atoms with Crippen LogP contribution in [-0.4, -0.2) is 0 Å². The zero-order valence-corrected chi connectivity index (χ0v) is 39.6. The Morgan fingerprint density at radius 2 is 1.00 bits per heavy atom. The van der Waals surface area contributed by atoms with Gasteiger partial charge in [0.15, 0.2) is 18.4 Å². The summed E-state index contributed by atoms with van der Waals surface area (Å²) in [5, 5.41) is 0. The lowest BCUT2D eigenvalue weighted by molar-refractivity contribution is -0.715. The SMILES string of the molecule is C1=C2c3ccccc3-c3ccc4c(c3)C13C1=C5c6cc7ccc6-c6cccc(-c8ccccc8)[n+]6C25/C=C(/c2ccccc2-7)C2C5/C=C(/c6ccccc6-c6ccc(c5c6)-c5cccc[n+]52)C13[n+]1ccccc1-4. The third kappa shape index (κ3) is 4.06. The second-order valence-corrected chi connectivity index (χ2v) is 21.6. The molecule has 5 atom stereocenters. The Bertz CT molecular complexity index is 4470. The summed E-state index contributed by atoms with van der Waals surface area (Å²) in [5.74, 6) is -0.0543. The molecular weight excluding hydrogens is 883 g/mol. The van der Waals surface area contributed by atoms with Crippen LogP contribution in [0.3, 0.4) is 0 Å². The van der Waals surface area contributed by atoms with Gasteiger partial charge in [-0.15, -0.1) is 0 Å². The van der Waals surface area contributed by atoms with E-state index in [9.17, 15) is 0 Å². The van der Waals surface area contributed by atoms with Crippen molar-refractivity contribution in [2.24, 2.45) is 0 Å². The molecule has 7 aromatic carbocycles. The average Bonchev–Trinajstić information content (AvgIpc) is 4.12. The van der Waals surface area contributed by atoms with Crippen LogP contribution >= 0.6 is 0 Å². The molecule has 3 nitrogen and oxygen atoms in total. The van der Waals surface area contributed by atoms with Gasteiger partial charge in [0.25, 0.3) is 0 Å². The summed E-state index contributed by atoms with van der Waals surface area (Å²) in [6.45, 7) is 0. The number of hydrogen-bond donors (Lipinski definition) is 0. The molecule has 0 saturated heterocycles. The summed E-state index contributed by atoms with van der Waals surface area (Å²) < 4.78 is 8.22. The second-order valence-electron chi connectivity index (χ2n) is 21.6. The van der Waals surface area contributed by atoms with Crippen LogP contribution in [0.2, 0.25) is 0 Å². The molecule has 0 amide bonds. The van der Waals surface area contributed by atoms with E-state index in [1.54, 1.807) is 0 Å². The molecule has 1 saturated carbocycles. The van der Waals surface area contributed by atoms with E-state index >= 15 is 0 Å². The first kappa shape index (κ1) is 37.7. The summed E-state index contributed by atoms with van der Waals surface area (Å²) >= 11 is 0. The van der Waals surface area contributed by atoms with Crippen molar-refractivity contribution >= 4 is 22.3 Å². The molecule has 6 heterocycles. The number of pyridine rings is 3. The van der Waals surface area contributed by atoms with E-state index in [1.807, 2.05) is 0 Å². The molecule has 5 unspecified atom stereocenters. The topological polar surface area (TPSA) is 11.6 Å². The maximum Gasteiger partial charge on any atom is 0.240 e. The Labute approximate surface area is 422 Å². The standard InChI is InChI=1S/C70H42N3/c1-2-15-41(16-3-1)61-25-14-26-64-52-31-28-43-36-55(52)65-67-68-40-60-50-22-9-6-19-47(50)44-29-32-53(58(68)37-44)63-24-11-13-34-72(63)70(67,68)59-38-56-54-35-42(46-18-5-8-21-49(46)59)27-30-51(54)62-23-10-12-33-71(62)66(56)57(39-69(60,65)73(61)64)48-20-7-4-17-45(43)48/h1-40,56,66H/q+3/b57-39-,59-38-. The Morgan fingerprint density at radius 1 is 0.384 bits per heavy atom. The number of benzene rings is 7. The molecule has 334 valence electrons. The average molecular weight is 925 g/mol. The normalized spacial score (nSPS) is 25.1. The zero-order valence-electron chi connectivity index (χ0n) is 39.6. The number of aromatic nitrogens is 3. The van der Waals surface area contributed by atoms with Crippen molar-refractivity contribution in [2.45, 2.75) is 28.5 Å². The van der Waals surface area contributed by atoms with Gasteiger partial charge in [-0.25, -0.2) is 0 Å². The van der Waals surface area contributed by atoms with Gasteiger partial charge in [0.05, 0.1) is 22.6 Å². The highest BCUT2D eigenvalue weighted by Crippen LogP contribution is 2.81. The second kappa shape index (κ2) is 12.5. The number of fused-ring (bicyclic) bond motifs is 20. The molecular formula is C70H42N3+3. The monoisotopic (exact) mass is 924 g/mol. The Balaban J connectivity index is 1.15. The number of hydrogen-bond acceptors (Lipinski definition) is 0. The zero-order chi connectivity index (χ0) is 47.1. The molecule has 3 aliphatic heterocycles. The van der Waals surface area contributed by atoms with Crippen molar-refractivity contribution < 1.29 is 13.7 Å². The van der Waals surface area contributed by atoms with Crippen molar-refractivity contribution in [3.8, 4) is 78.4 Å². The Morgan fingerprint density at radius 3 is 1.81 bits per heavy atom. The predicted molar refractivity (Wildman–Crippen MR) is 288 cm³/mol. The quantitative estimate of drug-likeness (QED) is 0.145. The number of nitrogens with zero attached hydrogens (tertiary/aromatic N) is 3. The molecule has 3 heteroatoms. The summed E-state index contributed by atoms with van der Waals surface area (Å²) in [6, 6.07) is 82.4. The largest absolute Gasteiger partial charge is 0.240 e. The lowest BCUT2D eigenvalue weighted by atomic mass is 9.63. The fraction of sp³-hybridized carbons (Fsp3) is 0.0714. The van der Waals surface area contributed by atoms with E-state index in [1.165, 1.54) is 140 Å². The minimum absolute atomic E-state index is 0.0543. The van der Waals surface area contributed by atoms with Crippen LogP contribution < -0.4 is 13.7 Å². The van der Waals surface area contributed by atoms with Gasteiger partial charge in [-0.2, -0.15) is 13.7 Å². The summed E-state index contributed by atoms with van der Waals surface area (Å²) in [5.41, 5.74) is 30.3. The van der Waals surface area contributed by atoms with Crippen LogP contribution in [0, 0.1) is 0 Å². The minimum atomic E-state index is -0.873. The van der Waals surface area contributed by atoms with E-state index in [2.05, 4.69) is 257 Å². The first-order chi connectivity index (χ1) is 36.2. The van der Waals surface area contributed by atoms with E-state index in [0.29, 0.717) is 0 Å². The molecule has 14 bridgehead atoms. The third-order valence-corrected chi connectivity index (χ3v) is 18.8. The molecule has 19 rings (SSSR count). The van der Waals surface area contributed by atoms with Crippen molar-refractivity contribution in [1.29, 1.82) is 0 Å². The van der Waals surface area contributed by atoms with Gasteiger partial charge >= 0.3 is 0 Å². The highest BCUT2D eigenvalue weighted by atomic mass is 15.2. The van der Waals surface area contributed by atoms with Gasteiger partial charge < -0.3 is 0 Å². The van der Waals surface area contributed by atoms with E-state index in [0.717, 1.165) is 0 Å². The third-order valence-electron chi connectivity index (χ3n) is 18.8. The van der Waals surface area contributed by atoms with Crippen molar-refractivity contribution in [3.63, 3.8) is 0 Å². The van der Waals surface area contributed by atoms with Crippen LogP contribution in [0.1, 0.15) is 45.3 Å². The molecule has 10 aromatic rings. The molecule has 0 radical (unpaired) electrons. The van der Waals surface area contributed by atoms with Gasteiger partial charge in [-0.05, 0) is 128 Å². The molecule has 73 heavy (non-hydrogen) atoms. The number of rotatable bonds is 1. The number of allylic oxidation sites excluding steroid dienone is 8. The molecule has 6 aliphatic carbocycles. The van der Waals surface area contributed by atoms with E-state index in [-0.39, 0.29) is 12.0 Å². The van der Waals surface area contributed by atoms with Crippen LogP contribution in [0.5, 0.6) is 0 Å².